The second-order valence-electron chi connectivity index (χ2n) is 6.91. The standard InChI is InChI=1S/C20H23N3O3S/c1-4-8-15-18(27-23-22-15)19(24)21-11-5-6-12-25-16-10-7-9-14-13-20(2,3)26-17(14)16/h7,9-10H,4,8,11-13H2,1-3H3,(H,21,24). The van der Waals surface area contributed by atoms with E-state index in [1.165, 1.54) is 0 Å². The Hall–Kier alpha value is -2.59. The highest BCUT2D eigenvalue weighted by atomic mass is 32.1. The SMILES string of the molecule is CCCc1nnsc1C(=O)NCC#CCOc1cccc2c1OC(C)(C)C2. The van der Waals surface area contributed by atoms with Crippen LogP contribution in [-0.4, -0.2) is 34.2 Å². The van der Waals surface area contributed by atoms with Crippen LogP contribution in [0.3, 0.4) is 0 Å². The van der Waals surface area contributed by atoms with Gasteiger partial charge in [-0.1, -0.05) is 41.8 Å². The van der Waals surface area contributed by atoms with Gasteiger partial charge in [-0.3, -0.25) is 4.79 Å². The van der Waals surface area contributed by atoms with Crippen molar-refractivity contribution in [3.63, 3.8) is 0 Å². The third-order valence-electron chi connectivity index (χ3n) is 4.07. The number of hydrogen-bond acceptors (Lipinski definition) is 6. The number of nitrogens with one attached hydrogen (secondary N) is 1. The van der Waals surface area contributed by atoms with Crippen molar-refractivity contribution in [2.24, 2.45) is 0 Å². The first-order chi connectivity index (χ1) is 13.0. The van der Waals surface area contributed by atoms with Crippen LogP contribution >= 0.6 is 11.5 Å². The summed E-state index contributed by atoms with van der Waals surface area (Å²) in [4.78, 5) is 12.7. The van der Waals surface area contributed by atoms with E-state index in [0.29, 0.717) is 10.6 Å². The van der Waals surface area contributed by atoms with Gasteiger partial charge in [0.15, 0.2) is 11.5 Å². The monoisotopic (exact) mass is 385 g/mol. The predicted octanol–water partition coefficient (Wildman–Crippen LogP) is 3.02. The van der Waals surface area contributed by atoms with Crippen molar-refractivity contribution in [3.8, 4) is 23.3 Å². The van der Waals surface area contributed by atoms with Gasteiger partial charge in [0.25, 0.3) is 5.91 Å². The maximum atomic E-state index is 12.1. The molecule has 6 nitrogen and oxygen atoms in total. The fourth-order valence-corrected chi connectivity index (χ4v) is 3.54. The van der Waals surface area contributed by atoms with Gasteiger partial charge in [-0.15, -0.1) is 5.10 Å². The normalized spacial score (nSPS) is 13.9. The van der Waals surface area contributed by atoms with Crippen molar-refractivity contribution >= 4 is 17.4 Å². The lowest BCUT2D eigenvalue weighted by molar-refractivity contribution is 0.0961. The summed E-state index contributed by atoms with van der Waals surface area (Å²) < 4.78 is 15.6. The van der Waals surface area contributed by atoms with Gasteiger partial charge in [-0.2, -0.15) is 0 Å². The highest BCUT2D eigenvalue weighted by molar-refractivity contribution is 7.08. The molecule has 2 aromatic rings. The third-order valence-corrected chi connectivity index (χ3v) is 4.83. The Balaban J connectivity index is 1.48. The van der Waals surface area contributed by atoms with Crippen LogP contribution in [0.15, 0.2) is 18.2 Å². The Morgan fingerprint density at radius 1 is 1.41 bits per heavy atom. The molecule has 0 bridgehead atoms. The van der Waals surface area contributed by atoms with Crippen LogP contribution in [0.2, 0.25) is 0 Å². The molecule has 1 aromatic heterocycles. The smallest absolute Gasteiger partial charge is 0.265 e. The lowest BCUT2D eigenvalue weighted by atomic mass is 10.0. The van der Waals surface area contributed by atoms with E-state index in [1.54, 1.807) is 0 Å². The number of nitrogens with zero attached hydrogens (tertiary/aromatic N) is 2. The molecule has 0 fully saturated rings. The van der Waals surface area contributed by atoms with Crippen LogP contribution < -0.4 is 14.8 Å². The summed E-state index contributed by atoms with van der Waals surface area (Å²) in [5.41, 5.74) is 1.69. The summed E-state index contributed by atoms with van der Waals surface area (Å²) in [6.07, 6.45) is 2.54. The van der Waals surface area contributed by atoms with E-state index >= 15 is 0 Å². The number of hydrogen-bond donors (Lipinski definition) is 1. The average Bonchev–Trinajstić information content (AvgIpc) is 3.21. The van der Waals surface area contributed by atoms with E-state index in [-0.39, 0.29) is 24.7 Å². The number of aromatic nitrogens is 2. The first-order valence-corrected chi connectivity index (χ1v) is 9.76. The Morgan fingerprint density at radius 2 is 2.26 bits per heavy atom. The van der Waals surface area contributed by atoms with Gasteiger partial charge in [0, 0.05) is 12.0 Å². The van der Waals surface area contributed by atoms with Crippen molar-refractivity contribution in [2.45, 2.75) is 45.6 Å². The van der Waals surface area contributed by atoms with Crippen LogP contribution in [0.25, 0.3) is 0 Å². The van der Waals surface area contributed by atoms with Gasteiger partial charge >= 0.3 is 0 Å². The number of aryl methyl sites for hydroxylation is 1. The zero-order chi connectivity index (χ0) is 19.3. The number of benzene rings is 1. The van der Waals surface area contributed by atoms with Crippen LogP contribution in [0, 0.1) is 11.8 Å². The zero-order valence-electron chi connectivity index (χ0n) is 15.8. The van der Waals surface area contributed by atoms with Gasteiger partial charge in [-0.25, -0.2) is 0 Å². The molecule has 0 saturated carbocycles. The number of fused-ring (bicyclic) bond motifs is 1. The molecule has 1 aliphatic rings. The molecule has 1 N–H and O–H groups in total. The minimum absolute atomic E-state index is 0.180. The summed E-state index contributed by atoms with van der Waals surface area (Å²) >= 11 is 1.11. The maximum absolute atomic E-state index is 12.1. The number of ether oxygens (including phenoxy) is 2. The lowest BCUT2D eigenvalue weighted by Gasteiger charge is -2.17. The second kappa shape index (κ2) is 8.40. The molecule has 2 heterocycles. The van der Waals surface area contributed by atoms with Crippen molar-refractivity contribution in [3.05, 3.63) is 34.3 Å². The van der Waals surface area contributed by atoms with E-state index in [4.69, 9.17) is 9.47 Å². The van der Waals surface area contributed by atoms with E-state index in [2.05, 4.69) is 46.7 Å². The second-order valence-corrected chi connectivity index (χ2v) is 7.66. The highest BCUT2D eigenvalue weighted by Crippen LogP contribution is 2.41. The zero-order valence-corrected chi connectivity index (χ0v) is 16.6. The number of carbonyl (C=O) groups is 1. The van der Waals surface area contributed by atoms with Crippen molar-refractivity contribution in [2.75, 3.05) is 13.2 Å². The fourth-order valence-electron chi connectivity index (χ4n) is 2.91. The number of para-hydroxylation sites is 1. The van der Waals surface area contributed by atoms with Gasteiger partial charge in [0.1, 0.15) is 17.1 Å². The molecule has 1 aliphatic heterocycles. The molecule has 0 radical (unpaired) electrons. The number of rotatable bonds is 6. The minimum Gasteiger partial charge on any atom is -0.483 e. The van der Waals surface area contributed by atoms with Crippen LogP contribution in [-0.2, 0) is 12.8 Å². The molecular formula is C20H23N3O3S. The van der Waals surface area contributed by atoms with Crippen LogP contribution in [0.4, 0.5) is 0 Å². The van der Waals surface area contributed by atoms with Crippen molar-refractivity contribution in [1.82, 2.24) is 14.9 Å². The van der Waals surface area contributed by atoms with E-state index in [1.807, 2.05) is 19.1 Å². The molecule has 142 valence electrons. The first-order valence-electron chi connectivity index (χ1n) is 8.99. The molecule has 0 spiro atoms. The van der Waals surface area contributed by atoms with E-state index in [0.717, 1.165) is 47.8 Å². The predicted molar refractivity (Wildman–Crippen MR) is 104 cm³/mol. The van der Waals surface area contributed by atoms with Crippen molar-refractivity contribution < 1.29 is 14.3 Å². The summed E-state index contributed by atoms with van der Waals surface area (Å²) in [7, 11) is 0. The lowest BCUT2D eigenvalue weighted by Crippen LogP contribution is -2.24. The Bertz CT molecular complexity index is 880. The van der Waals surface area contributed by atoms with Crippen LogP contribution in [0.5, 0.6) is 11.5 Å². The van der Waals surface area contributed by atoms with E-state index in [9.17, 15) is 4.79 Å². The Labute approximate surface area is 163 Å². The molecule has 3 rings (SSSR count). The minimum atomic E-state index is -0.208. The molecule has 1 amide bonds. The summed E-state index contributed by atoms with van der Waals surface area (Å²) in [6.45, 7) is 6.65. The number of amides is 1. The first kappa shape index (κ1) is 19.2. The fraction of sp³-hybridized carbons (Fsp3) is 0.450. The molecule has 0 unspecified atom stereocenters. The summed E-state index contributed by atoms with van der Waals surface area (Å²) in [5, 5.41) is 6.77. The number of carbonyl (C=O) groups excluding carboxylic acids is 1. The van der Waals surface area contributed by atoms with Gasteiger partial charge in [0.05, 0.1) is 12.2 Å². The van der Waals surface area contributed by atoms with E-state index < -0.39 is 0 Å². The Kier molecular flexibility index (Phi) is 5.97. The maximum Gasteiger partial charge on any atom is 0.265 e. The summed E-state index contributed by atoms with van der Waals surface area (Å²) in [5.74, 6) is 7.14. The average molecular weight is 385 g/mol. The van der Waals surface area contributed by atoms with Crippen LogP contribution in [0.1, 0.15) is 48.1 Å². The molecule has 27 heavy (non-hydrogen) atoms. The molecular weight excluding hydrogens is 362 g/mol. The van der Waals surface area contributed by atoms with Crippen molar-refractivity contribution in [1.29, 1.82) is 0 Å². The summed E-state index contributed by atoms with van der Waals surface area (Å²) in [6, 6.07) is 5.90. The van der Waals surface area contributed by atoms with Gasteiger partial charge in [0.2, 0.25) is 0 Å². The molecule has 0 atom stereocenters. The molecule has 0 saturated heterocycles. The third kappa shape index (κ3) is 4.77. The topological polar surface area (TPSA) is 73.3 Å². The van der Waals surface area contributed by atoms with Gasteiger partial charge < -0.3 is 14.8 Å². The molecule has 1 aromatic carbocycles. The Morgan fingerprint density at radius 3 is 3.07 bits per heavy atom. The van der Waals surface area contributed by atoms with Gasteiger partial charge in [-0.05, 0) is 37.9 Å². The molecule has 0 aliphatic carbocycles. The highest BCUT2D eigenvalue weighted by Gasteiger charge is 2.32. The molecule has 7 heteroatoms. The quantitative estimate of drug-likeness (QED) is 0.774. The largest absolute Gasteiger partial charge is 0.483 e.